The Hall–Kier alpha value is -5.05. The van der Waals surface area contributed by atoms with Crippen molar-refractivity contribution in [1.29, 1.82) is 0 Å². The maximum Gasteiger partial charge on any atom is 0.552 e. The van der Waals surface area contributed by atoms with E-state index in [4.69, 9.17) is 9.47 Å². The Morgan fingerprint density at radius 1 is 0.962 bits per heavy atom. The van der Waals surface area contributed by atoms with E-state index < -0.39 is 29.8 Å². The van der Waals surface area contributed by atoms with Crippen molar-refractivity contribution in [2.45, 2.75) is 73.1 Å². The number of ketones is 1. The number of nitrogens with zero attached hydrogens (tertiary/aromatic N) is 4. The number of aliphatic carboxylic acids is 1. The number of ether oxygens (including phenoxy) is 2. The first-order valence-electron chi connectivity index (χ1n) is 17.9. The number of amides is 2. The van der Waals surface area contributed by atoms with Gasteiger partial charge in [0.2, 0.25) is 5.70 Å². The third-order valence-electron chi connectivity index (χ3n) is 11.9. The van der Waals surface area contributed by atoms with Crippen molar-refractivity contribution in [3.63, 3.8) is 0 Å². The molecule has 2 aromatic heterocycles. The van der Waals surface area contributed by atoms with E-state index in [0.29, 0.717) is 22.5 Å². The van der Waals surface area contributed by atoms with Gasteiger partial charge in [-0.05, 0) is 45.2 Å². The van der Waals surface area contributed by atoms with Crippen LogP contribution < -0.4 is 38.5 Å². The summed E-state index contributed by atoms with van der Waals surface area (Å²) in [4.78, 5) is 65.6. The number of carboxylic acid groups (broad SMARTS) is 1. The molecule has 53 heavy (non-hydrogen) atoms. The number of aromatic nitrogens is 2. The van der Waals surface area contributed by atoms with Crippen molar-refractivity contribution in [3.05, 3.63) is 56.2 Å². The summed E-state index contributed by atoms with van der Waals surface area (Å²) in [5.41, 5.74) is 11.9. The van der Waals surface area contributed by atoms with Crippen molar-refractivity contribution in [3.8, 4) is 0 Å². The molecule has 0 bridgehead atoms. The minimum atomic E-state index is -1.24. The van der Waals surface area contributed by atoms with Gasteiger partial charge in [0.05, 0.1) is 77.0 Å². The molecular formula is C38H42BrN6O8+. The topological polar surface area (TPSA) is 164 Å². The zero-order chi connectivity index (χ0) is 37.1. The molecule has 2 aromatic rings. The molecule has 0 saturated carbocycles. The number of esters is 1. The quantitative estimate of drug-likeness (QED) is 0.130. The molecule has 6 aliphatic heterocycles. The highest BCUT2D eigenvalue weighted by molar-refractivity contribution is 6.14. The summed E-state index contributed by atoms with van der Waals surface area (Å²) in [7, 11) is 1.31. The van der Waals surface area contributed by atoms with Crippen LogP contribution in [-0.4, -0.2) is 78.3 Å². The molecule has 3 N–H and O–H groups in total. The molecule has 0 aliphatic carbocycles. The van der Waals surface area contributed by atoms with Crippen LogP contribution in [-0.2, 0) is 25.0 Å². The van der Waals surface area contributed by atoms with Crippen LogP contribution in [0.3, 0.4) is 0 Å². The van der Waals surface area contributed by atoms with Crippen molar-refractivity contribution in [2.24, 2.45) is 23.7 Å². The van der Waals surface area contributed by atoms with Crippen LogP contribution in [0, 0.1) is 30.6 Å². The van der Waals surface area contributed by atoms with Crippen LogP contribution in [0.15, 0.2) is 17.5 Å². The van der Waals surface area contributed by atoms with Gasteiger partial charge in [0.15, 0.2) is 22.9 Å². The molecule has 0 radical (unpaired) electrons. The van der Waals surface area contributed by atoms with Gasteiger partial charge in [0.1, 0.15) is 0 Å². The number of Topliss-reactive ketones (excluding diaryl/α,β-unsaturated/α-hetero) is 1. The van der Waals surface area contributed by atoms with Gasteiger partial charge in [-0.3, -0.25) is 24.6 Å². The smallest absolute Gasteiger partial charge is 0.552 e. The lowest BCUT2D eigenvalue weighted by atomic mass is 9.83. The summed E-state index contributed by atoms with van der Waals surface area (Å²) >= 11 is 0. The summed E-state index contributed by atoms with van der Waals surface area (Å²) in [6.45, 7) is 11.7. The van der Waals surface area contributed by atoms with Gasteiger partial charge < -0.3 is 31.6 Å². The van der Waals surface area contributed by atoms with Gasteiger partial charge in [-0.15, -0.1) is 0 Å². The van der Waals surface area contributed by atoms with Crippen LogP contribution in [0.5, 0.6) is 0 Å². The number of halogens is 1. The van der Waals surface area contributed by atoms with E-state index in [1.807, 2.05) is 6.92 Å². The Balaban J connectivity index is 0.00000435. The van der Waals surface area contributed by atoms with Crippen LogP contribution >= 0.6 is 0 Å². The van der Waals surface area contributed by atoms with Crippen molar-refractivity contribution in [2.75, 3.05) is 13.7 Å². The number of methoxy groups -OCH3 is 1. The fourth-order valence-corrected chi connectivity index (χ4v) is 9.89. The SMILES string of the molecule is CCOC(=O)NNC(=O)c1cc2n3c1C(CC(=O)OC)=C1[C@@H](CCC(=O)O)[C@H](C)C4=[N+]1[C@@]31n3c(c(C)c(C(C)=O)c3=CC3=[N+]1C(=C2)[C@H](CC)[C@H]3C)=C4.[Br-]. The number of hydrazine groups is 1. The molecule has 15 heteroatoms. The number of carbonyl (C=O) groups excluding carboxylic acids is 4. The van der Waals surface area contributed by atoms with Gasteiger partial charge >= 0.3 is 23.9 Å². The maximum absolute atomic E-state index is 14.3. The number of carboxylic acids is 1. The van der Waals surface area contributed by atoms with Gasteiger partial charge in [0.25, 0.3) is 5.91 Å². The Bertz CT molecular complexity index is 2360. The van der Waals surface area contributed by atoms with Crippen molar-refractivity contribution < 1.29 is 64.7 Å². The molecule has 6 aliphatic rings. The van der Waals surface area contributed by atoms with E-state index in [1.165, 1.54) is 7.11 Å². The molecule has 5 atom stereocenters. The highest BCUT2D eigenvalue weighted by atomic mass is 79.9. The van der Waals surface area contributed by atoms with Crippen LogP contribution in [0.2, 0.25) is 0 Å². The number of nitrogens with one attached hydrogen (secondary N) is 2. The predicted octanol–water partition coefficient (Wildman–Crippen LogP) is -0.744. The lowest BCUT2D eigenvalue weighted by Gasteiger charge is -2.39. The zero-order valence-electron chi connectivity index (χ0n) is 30.6. The minimum absolute atomic E-state index is 0. The highest BCUT2D eigenvalue weighted by Gasteiger charge is 2.75. The zero-order valence-corrected chi connectivity index (χ0v) is 32.2. The molecule has 14 nitrogen and oxygen atoms in total. The fourth-order valence-electron chi connectivity index (χ4n) is 9.89. The van der Waals surface area contributed by atoms with E-state index in [9.17, 15) is 29.1 Å². The van der Waals surface area contributed by atoms with Gasteiger partial charge in [-0.1, -0.05) is 29.9 Å². The van der Waals surface area contributed by atoms with E-state index in [1.54, 1.807) is 19.9 Å². The summed E-state index contributed by atoms with van der Waals surface area (Å²) in [5, 5.41) is 11.5. The largest absolute Gasteiger partial charge is 1.00 e. The molecule has 1 spiro atoms. The normalized spacial score (nSPS) is 24.7. The molecule has 8 rings (SSSR count). The fraction of sp³-hybridized carbons (Fsp3) is 0.447. The van der Waals surface area contributed by atoms with E-state index >= 15 is 0 Å². The second-order valence-electron chi connectivity index (χ2n) is 14.4. The van der Waals surface area contributed by atoms with E-state index in [2.05, 4.69) is 68.1 Å². The summed E-state index contributed by atoms with van der Waals surface area (Å²) < 4.78 is 19.1. The minimum Gasteiger partial charge on any atom is -1.00 e. The third-order valence-corrected chi connectivity index (χ3v) is 11.9. The lowest BCUT2D eigenvalue weighted by molar-refractivity contribution is -0.838. The van der Waals surface area contributed by atoms with Gasteiger partial charge in [0, 0.05) is 30.2 Å². The second kappa shape index (κ2) is 12.5. The van der Waals surface area contributed by atoms with E-state index in [0.717, 1.165) is 45.5 Å². The number of hydrogen-bond acceptors (Lipinski definition) is 7. The van der Waals surface area contributed by atoms with Crippen molar-refractivity contribution in [1.82, 2.24) is 20.0 Å². The Morgan fingerprint density at radius 2 is 1.64 bits per heavy atom. The third kappa shape index (κ3) is 4.58. The average molecular weight is 791 g/mol. The number of carbonyl (C=O) groups is 5. The highest BCUT2D eigenvalue weighted by Crippen LogP contribution is 2.55. The first-order valence-corrected chi connectivity index (χ1v) is 17.9. The summed E-state index contributed by atoms with van der Waals surface area (Å²) in [6, 6.07) is 1.78. The van der Waals surface area contributed by atoms with Crippen molar-refractivity contribution >= 4 is 64.9 Å². The van der Waals surface area contributed by atoms with Crippen LogP contribution in [0.1, 0.15) is 98.0 Å². The molecule has 0 saturated heterocycles. The molecular weight excluding hydrogens is 748 g/mol. The van der Waals surface area contributed by atoms with Gasteiger partial charge in [-0.25, -0.2) is 10.2 Å². The van der Waals surface area contributed by atoms with Gasteiger partial charge in [-0.2, -0.15) is 9.13 Å². The van der Waals surface area contributed by atoms with Crippen LogP contribution in [0.25, 0.3) is 23.8 Å². The molecule has 0 aromatic carbocycles. The lowest BCUT2D eigenvalue weighted by Crippen LogP contribution is -3.00. The first-order chi connectivity index (χ1) is 24.8. The summed E-state index contributed by atoms with van der Waals surface area (Å²) in [6.07, 6.45) is 6.31. The maximum atomic E-state index is 14.3. The molecule has 2 amide bonds. The number of allylic oxidation sites excluding steroid dienone is 2. The number of hydrogen-bond donors (Lipinski definition) is 3. The Morgan fingerprint density at radius 3 is 2.28 bits per heavy atom. The molecule has 8 heterocycles. The molecule has 278 valence electrons. The molecule has 0 unspecified atom stereocenters. The Labute approximate surface area is 315 Å². The van der Waals surface area contributed by atoms with E-state index in [-0.39, 0.29) is 77.9 Å². The predicted molar refractivity (Wildman–Crippen MR) is 187 cm³/mol. The average Bonchev–Trinajstić information content (AvgIpc) is 3.80. The van der Waals surface area contributed by atoms with Crippen LogP contribution in [0.4, 0.5) is 4.79 Å². The first kappa shape index (κ1) is 36.3. The summed E-state index contributed by atoms with van der Waals surface area (Å²) in [5.74, 6) is -3.79. The second-order valence-corrected chi connectivity index (χ2v) is 14.4. The number of rotatable bonds is 9. The standard InChI is InChI=1S/C38H40N6O8.BrH/c1-8-22-17(3)26-16-30-33(20(6)45)19(5)28-15-27-18(4)23(10-11-31(46)47)34-24(14-32(48)51-7)35-25(36(49)39-40-37(50)52-9-2)12-21-13-29(22)42(26)38(41(21)35,43(28)30)44(27)34;/h12-13,15-18,22-23H,8-11,14H2,1-7H3,(H,46,47);1H/p+1/t17-,18+,22-,23+,38+;/m1./s1. The monoisotopic (exact) mass is 789 g/mol. The Kier molecular flexibility index (Phi) is 8.58. The molecule has 0 fully saturated rings.